The van der Waals surface area contributed by atoms with Crippen LogP contribution in [0, 0.1) is 6.92 Å². The highest BCUT2D eigenvalue weighted by atomic mass is 16.5. The summed E-state index contributed by atoms with van der Waals surface area (Å²) in [4.78, 5) is 39.8. The van der Waals surface area contributed by atoms with Crippen molar-refractivity contribution in [3.05, 3.63) is 61.9 Å². The van der Waals surface area contributed by atoms with Crippen molar-refractivity contribution in [3.8, 4) is 5.75 Å². The van der Waals surface area contributed by atoms with Gasteiger partial charge in [-0.2, -0.15) is 0 Å². The van der Waals surface area contributed by atoms with Crippen LogP contribution >= 0.6 is 0 Å². The van der Waals surface area contributed by atoms with Crippen LogP contribution in [0.5, 0.6) is 5.75 Å². The van der Waals surface area contributed by atoms with Gasteiger partial charge in [-0.25, -0.2) is 4.79 Å². The number of ether oxygens (including phenoxy) is 1. The average Bonchev–Trinajstić information content (AvgIpc) is 2.53. The molecule has 0 aliphatic carbocycles. The maximum atomic E-state index is 12.1. The van der Waals surface area contributed by atoms with Crippen molar-refractivity contribution in [2.75, 3.05) is 6.61 Å². The van der Waals surface area contributed by atoms with E-state index in [2.05, 4.69) is 15.3 Å². The third-order valence-corrected chi connectivity index (χ3v) is 4.10. The van der Waals surface area contributed by atoms with E-state index < -0.39 is 11.2 Å². The van der Waals surface area contributed by atoms with Crippen molar-refractivity contribution in [1.82, 2.24) is 15.3 Å². The molecule has 0 spiro atoms. The van der Waals surface area contributed by atoms with E-state index in [9.17, 15) is 14.4 Å². The Bertz CT molecular complexity index is 869. The Labute approximate surface area is 138 Å². The van der Waals surface area contributed by atoms with E-state index in [-0.39, 0.29) is 24.8 Å². The van der Waals surface area contributed by atoms with E-state index in [1.807, 2.05) is 24.3 Å². The molecule has 0 saturated heterocycles. The number of aromatic nitrogens is 2. The molecule has 0 saturated carbocycles. The van der Waals surface area contributed by atoms with E-state index >= 15 is 0 Å². The molecule has 24 heavy (non-hydrogen) atoms. The summed E-state index contributed by atoms with van der Waals surface area (Å²) in [5.74, 6) is 0.714. The smallest absolute Gasteiger partial charge is 0.325 e. The predicted molar refractivity (Wildman–Crippen MR) is 88.3 cm³/mol. The summed E-state index contributed by atoms with van der Waals surface area (Å²) in [6.07, 6.45) is 1.17. The molecule has 1 atom stereocenters. The molecule has 1 aromatic heterocycles. The minimum absolute atomic E-state index is 0.0811. The highest BCUT2D eigenvalue weighted by Gasteiger charge is 2.21. The fourth-order valence-corrected chi connectivity index (χ4v) is 2.89. The molecule has 3 N–H and O–H groups in total. The van der Waals surface area contributed by atoms with Crippen LogP contribution in [0.1, 0.15) is 23.2 Å². The molecule has 0 unspecified atom stereocenters. The molecule has 1 aromatic carbocycles. The van der Waals surface area contributed by atoms with Crippen molar-refractivity contribution in [2.45, 2.75) is 32.2 Å². The molecule has 7 heteroatoms. The number of carbonyl (C=O) groups excluding carboxylic acids is 1. The third kappa shape index (κ3) is 3.56. The lowest BCUT2D eigenvalue weighted by Gasteiger charge is -2.26. The Hall–Kier alpha value is -2.83. The van der Waals surface area contributed by atoms with Crippen LogP contribution < -0.4 is 21.3 Å². The molecule has 7 nitrogen and oxygen atoms in total. The number of para-hydroxylation sites is 1. The second kappa shape index (κ2) is 6.74. The monoisotopic (exact) mass is 329 g/mol. The Kier molecular flexibility index (Phi) is 4.50. The molecule has 2 aromatic rings. The van der Waals surface area contributed by atoms with E-state index in [0.29, 0.717) is 17.9 Å². The lowest BCUT2D eigenvalue weighted by atomic mass is 10.0. The molecule has 1 aliphatic heterocycles. The summed E-state index contributed by atoms with van der Waals surface area (Å²) in [5.41, 5.74) is 1.01. The number of H-pyrrole nitrogens is 2. The highest BCUT2D eigenvalue weighted by molar-refractivity contribution is 5.76. The standard InChI is InChI=1S/C17H19N3O4/c1-10-13(16(22)20-17(23)18-10)6-7-15(21)19-12-8-11-4-2-3-5-14(11)24-9-12/h2-5,12H,6-9H2,1H3,(H,19,21)(H2,18,20,22,23)/t12-/m0/s1. The van der Waals surface area contributed by atoms with Crippen LogP contribution in [-0.4, -0.2) is 28.5 Å². The zero-order valence-corrected chi connectivity index (χ0v) is 13.3. The number of fused-ring (bicyclic) bond motifs is 1. The Morgan fingerprint density at radius 3 is 2.88 bits per heavy atom. The number of rotatable bonds is 4. The summed E-state index contributed by atoms with van der Waals surface area (Å²) in [6, 6.07) is 7.68. The van der Waals surface area contributed by atoms with Crippen LogP contribution in [0.25, 0.3) is 0 Å². The number of hydrogen-bond acceptors (Lipinski definition) is 4. The molecule has 0 fully saturated rings. The molecule has 0 radical (unpaired) electrons. The first-order valence-corrected chi connectivity index (χ1v) is 7.85. The topological polar surface area (TPSA) is 104 Å². The van der Waals surface area contributed by atoms with Crippen molar-refractivity contribution in [2.24, 2.45) is 0 Å². The Morgan fingerprint density at radius 2 is 2.08 bits per heavy atom. The van der Waals surface area contributed by atoms with Gasteiger partial charge in [0.25, 0.3) is 5.56 Å². The largest absolute Gasteiger partial charge is 0.491 e. The zero-order chi connectivity index (χ0) is 17.1. The molecular formula is C17H19N3O4. The average molecular weight is 329 g/mol. The predicted octanol–water partition coefficient (Wildman–Crippen LogP) is 0.424. The summed E-state index contributed by atoms with van der Waals surface area (Å²) < 4.78 is 5.64. The van der Waals surface area contributed by atoms with Gasteiger partial charge in [0.2, 0.25) is 5.91 Å². The molecular weight excluding hydrogens is 310 g/mol. The van der Waals surface area contributed by atoms with Crippen LogP contribution in [0.15, 0.2) is 33.9 Å². The summed E-state index contributed by atoms with van der Waals surface area (Å²) in [6.45, 7) is 2.08. The molecule has 2 heterocycles. The molecule has 126 valence electrons. The van der Waals surface area contributed by atoms with Crippen molar-refractivity contribution >= 4 is 5.91 Å². The summed E-state index contributed by atoms with van der Waals surface area (Å²) in [5, 5.41) is 2.93. The zero-order valence-electron chi connectivity index (χ0n) is 13.3. The van der Waals surface area contributed by atoms with Gasteiger partial charge in [0.15, 0.2) is 0 Å². The van der Waals surface area contributed by atoms with Gasteiger partial charge in [0.1, 0.15) is 12.4 Å². The number of aryl methyl sites for hydroxylation is 1. The SMILES string of the molecule is Cc1[nH]c(=O)[nH]c(=O)c1CCC(=O)N[C@@H]1COc2ccccc2C1. The van der Waals surface area contributed by atoms with Gasteiger partial charge in [0, 0.05) is 17.7 Å². The Balaban J connectivity index is 1.58. The van der Waals surface area contributed by atoms with Crippen LogP contribution in [-0.2, 0) is 17.6 Å². The van der Waals surface area contributed by atoms with Gasteiger partial charge in [-0.15, -0.1) is 0 Å². The van der Waals surface area contributed by atoms with Crippen molar-refractivity contribution in [1.29, 1.82) is 0 Å². The number of benzene rings is 1. The Morgan fingerprint density at radius 1 is 1.29 bits per heavy atom. The van der Waals surface area contributed by atoms with Gasteiger partial charge in [-0.3, -0.25) is 14.6 Å². The van der Waals surface area contributed by atoms with E-state index in [0.717, 1.165) is 17.7 Å². The fraction of sp³-hybridized carbons (Fsp3) is 0.353. The van der Waals surface area contributed by atoms with Crippen LogP contribution in [0.3, 0.4) is 0 Å². The summed E-state index contributed by atoms with van der Waals surface area (Å²) in [7, 11) is 0. The van der Waals surface area contributed by atoms with E-state index in [1.54, 1.807) is 6.92 Å². The van der Waals surface area contributed by atoms with Gasteiger partial charge in [-0.1, -0.05) is 18.2 Å². The molecule has 3 rings (SSSR count). The van der Waals surface area contributed by atoms with Crippen LogP contribution in [0.4, 0.5) is 0 Å². The highest BCUT2D eigenvalue weighted by Crippen LogP contribution is 2.23. The minimum atomic E-state index is -0.538. The number of aromatic amines is 2. The lowest BCUT2D eigenvalue weighted by Crippen LogP contribution is -2.43. The van der Waals surface area contributed by atoms with Crippen molar-refractivity contribution < 1.29 is 9.53 Å². The maximum Gasteiger partial charge on any atom is 0.325 e. The second-order valence-corrected chi connectivity index (χ2v) is 5.90. The van der Waals surface area contributed by atoms with Crippen molar-refractivity contribution in [3.63, 3.8) is 0 Å². The first-order chi connectivity index (χ1) is 11.5. The number of nitrogens with one attached hydrogen (secondary N) is 3. The van der Waals surface area contributed by atoms with Gasteiger partial charge in [0.05, 0.1) is 6.04 Å². The molecule has 1 amide bonds. The number of carbonyl (C=O) groups is 1. The minimum Gasteiger partial charge on any atom is -0.491 e. The number of hydrogen-bond donors (Lipinski definition) is 3. The first-order valence-electron chi connectivity index (χ1n) is 7.85. The van der Waals surface area contributed by atoms with Gasteiger partial charge in [-0.05, 0) is 31.4 Å². The quantitative estimate of drug-likeness (QED) is 0.756. The third-order valence-electron chi connectivity index (χ3n) is 4.10. The second-order valence-electron chi connectivity index (χ2n) is 5.90. The first kappa shape index (κ1) is 16.0. The lowest BCUT2D eigenvalue weighted by molar-refractivity contribution is -0.122. The number of amides is 1. The van der Waals surface area contributed by atoms with E-state index in [4.69, 9.17) is 4.74 Å². The summed E-state index contributed by atoms with van der Waals surface area (Å²) >= 11 is 0. The maximum absolute atomic E-state index is 12.1. The molecule has 1 aliphatic rings. The van der Waals surface area contributed by atoms with Crippen LogP contribution in [0.2, 0.25) is 0 Å². The fourth-order valence-electron chi connectivity index (χ4n) is 2.89. The van der Waals surface area contributed by atoms with E-state index in [1.165, 1.54) is 0 Å². The van der Waals surface area contributed by atoms with Gasteiger partial charge >= 0.3 is 5.69 Å². The normalized spacial score (nSPS) is 16.1. The molecule has 0 bridgehead atoms. The van der Waals surface area contributed by atoms with Gasteiger partial charge < -0.3 is 15.0 Å².